The van der Waals surface area contributed by atoms with Crippen molar-refractivity contribution in [1.29, 1.82) is 0 Å². The predicted molar refractivity (Wildman–Crippen MR) is 139 cm³/mol. The minimum atomic E-state index is -3.29. The third-order valence-corrected chi connectivity index (χ3v) is 7.02. The molecule has 1 fully saturated rings. The molecule has 0 saturated carbocycles. The summed E-state index contributed by atoms with van der Waals surface area (Å²) in [6, 6.07) is 15.2. The van der Waals surface area contributed by atoms with Gasteiger partial charge in [-0.3, -0.25) is 0 Å². The van der Waals surface area contributed by atoms with Crippen LogP contribution in [0.1, 0.15) is 22.8 Å². The zero-order valence-electron chi connectivity index (χ0n) is 19.8. The van der Waals surface area contributed by atoms with Crippen molar-refractivity contribution in [3.8, 4) is 27.7 Å². The highest BCUT2D eigenvalue weighted by Gasteiger charge is 2.31. The van der Waals surface area contributed by atoms with Gasteiger partial charge in [-0.2, -0.15) is 0 Å². The third-order valence-electron chi connectivity index (χ3n) is 5.86. The summed E-state index contributed by atoms with van der Waals surface area (Å²) in [5, 5.41) is 3.76. The number of carbonyl (C=O) groups is 1. The molecule has 4 aromatic rings. The highest BCUT2D eigenvalue weighted by atomic mass is 35.5. The Hall–Kier alpha value is -3.27. The van der Waals surface area contributed by atoms with Crippen LogP contribution in [0.3, 0.4) is 0 Å². The van der Waals surface area contributed by atoms with Crippen molar-refractivity contribution in [1.82, 2.24) is 5.32 Å². The summed E-state index contributed by atoms with van der Waals surface area (Å²) in [7, 11) is 1.28. The second-order valence-corrected chi connectivity index (χ2v) is 9.56. The fraction of sp³-hybridized carbons (Fsp3) is 0.222. The molecule has 1 saturated heterocycles. The first kappa shape index (κ1) is 26.8. The van der Waals surface area contributed by atoms with Gasteiger partial charge in [0.2, 0.25) is 0 Å². The lowest BCUT2D eigenvalue weighted by Crippen LogP contribution is -2.50. The smallest absolute Gasteiger partial charge is 0.337 e. The summed E-state index contributed by atoms with van der Waals surface area (Å²) in [4.78, 5) is 12.5. The number of halogens is 4. The molecule has 0 unspecified atom stereocenters. The Morgan fingerprint density at radius 1 is 1.03 bits per heavy atom. The second-order valence-electron chi connectivity index (χ2n) is 8.51. The van der Waals surface area contributed by atoms with Crippen LogP contribution < -0.4 is 14.8 Å². The summed E-state index contributed by atoms with van der Waals surface area (Å²) in [6.07, 6.45) is 0.126. The number of alkyl halides is 2. The Bertz CT molecular complexity index is 1430. The number of nitrogens with one attached hydrogen (secondary N) is 1. The van der Waals surface area contributed by atoms with Gasteiger partial charge in [0.1, 0.15) is 23.4 Å². The number of methoxy groups -OCH3 is 1. The quantitative estimate of drug-likeness (QED) is 0.248. The van der Waals surface area contributed by atoms with Crippen LogP contribution in [0.25, 0.3) is 20.5 Å². The number of hydrogen-bond donors (Lipinski definition) is 1. The molecule has 1 aliphatic rings. The number of carbonyl (C=O) groups excluding carboxylic acids is 1. The molecule has 0 spiro atoms. The van der Waals surface area contributed by atoms with E-state index in [0.717, 1.165) is 32.1 Å². The summed E-state index contributed by atoms with van der Waals surface area (Å²) >= 11 is 1.18. The molecule has 0 atom stereocenters. The van der Waals surface area contributed by atoms with E-state index in [1.165, 1.54) is 24.5 Å². The van der Waals surface area contributed by atoms with Crippen molar-refractivity contribution in [3.05, 3.63) is 77.6 Å². The van der Waals surface area contributed by atoms with Crippen LogP contribution in [0.15, 0.2) is 60.7 Å². The van der Waals surface area contributed by atoms with E-state index in [9.17, 15) is 18.0 Å². The van der Waals surface area contributed by atoms with Crippen LogP contribution in [-0.4, -0.2) is 32.3 Å². The van der Waals surface area contributed by atoms with Crippen molar-refractivity contribution in [3.63, 3.8) is 0 Å². The zero-order chi connectivity index (χ0) is 25.4. The summed E-state index contributed by atoms with van der Waals surface area (Å²) in [5.41, 5.74) is 0.0126. The first-order valence-electron chi connectivity index (χ1n) is 11.2. The Morgan fingerprint density at radius 3 is 2.35 bits per heavy atom. The molecule has 1 N–H and O–H groups in total. The lowest BCUT2D eigenvalue weighted by molar-refractivity contribution is 0.0178. The van der Waals surface area contributed by atoms with Crippen LogP contribution in [-0.2, 0) is 10.7 Å². The lowest BCUT2D eigenvalue weighted by Gasteiger charge is -2.27. The molecule has 37 heavy (non-hydrogen) atoms. The van der Waals surface area contributed by atoms with Gasteiger partial charge in [-0.15, -0.1) is 23.7 Å². The maximum absolute atomic E-state index is 14.5. The van der Waals surface area contributed by atoms with E-state index in [2.05, 4.69) is 5.32 Å². The van der Waals surface area contributed by atoms with Gasteiger partial charge in [0.05, 0.1) is 17.6 Å². The van der Waals surface area contributed by atoms with Gasteiger partial charge in [0.25, 0.3) is 5.92 Å². The van der Waals surface area contributed by atoms with Crippen molar-refractivity contribution in [2.45, 2.75) is 19.0 Å². The molecular formula is C27H23ClF3NO4S. The second kappa shape index (κ2) is 10.6. The first-order chi connectivity index (χ1) is 17.2. The van der Waals surface area contributed by atoms with Crippen molar-refractivity contribution in [2.75, 3.05) is 20.2 Å². The standard InChI is InChI=1S/C27H22F3NO4S.ClH/c1-27(29,30)22-12-16(28)4-10-20(22)25-24(21-9-3-15(26(32)33-2)11-23(21)36-25)35-18-7-5-17(6-8-18)34-19-13-31-14-19;/h3-12,19,31H,13-14H2,1-2H3;1H. The maximum atomic E-state index is 14.5. The molecule has 0 amide bonds. The third kappa shape index (κ3) is 5.53. The van der Waals surface area contributed by atoms with Gasteiger partial charge in [-0.1, -0.05) is 6.07 Å². The van der Waals surface area contributed by atoms with E-state index >= 15 is 0 Å². The Morgan fingerprint density at radius 2 is 1.73 bits per heavy atom. The van der Waals surface area contributed by atoms with Crippen LogP contribution in [0.5, 0.6) is 17.2 Å². The summed E-state index contributed by atoms with van der Waals surface area (Å²) in [6.45, 7) is 2.31. The molecule has 0 radical (unpaired) electrons. The fourth-order valence-corrected chi connectivity index (χ4v) is 5.12. The van der Waals surface area contributed by atoms with Gasteiger partial charge in [0, 0.05) is 41.2 Å². The monoisotopic (exact) mass is 549 g/mol. The summed E-state index contributed by atoms with van der Waals surface area (Å²) < 4.78 is 60.5. The number of ether oxygens (including phenoxy) is 3. The first-order valence-corrected chi connectivity index (χ1v) is 12.0. The molecule has 3 aromatic carbocycles. The highest BCUT2D eigenvalue weighted by Crippen LogP contribution is 2.49. The SMILES string of the molecule is COC(=O)c1ccc2c(Oc3ccc(OC4CNC4)cc3)c(-c3ccc(F)cc3C(C)(F)F)sc2c1.Cl. The van der Waals surface area contributed by atoms with Gasteiger partial charge >= 0.3 is 5.97 Å². The van der Waals surface area contributed by atoms with Crippen LogP contribution >= 0.6 is 23.7 Å². The molecule has 5 rings (SSSR count). The number of benzene rings is 3. The topological polar surface area (TPSA) is 56.8 Å². The van der Waals surface area contributed by atoms with Gasteiger partial charge < -0.3 is 19.5 Å². The number of esters is 1. The molecule has 1 aliphatic heterocycles. The Labute approximate surface area is 221 Å². The van der Waals surface area contributed by atoms with E-state index in [1.807, 2.05) is 0 Å². The number of thiophene rings is 1. The van der Waals surface area contributed by atoms with Gasteiger partial charge in [-0.05, 0) is 54.6 Å². The zero-order valence-corrected chi connectivity index (χ0v) is 21.5. The molecule has 0 bridgehead atoms. The van der Waals surface area contributed by atoms with E-state index in [4.69, 9.17) is 14.2 Å². The van der Waals surface area contributed by atoms with Crippen molar-refractivity contribution in [2.24, 2.45) is 0 Å². The van der Waals surface area contributed by atoms with Crippen LogP contribution in [0, 0.1) is 5.82 Å². The molecule has 1 aromatic heterocycles. The van der Waals surface area contributed by atoms with E-state index in [1.54, 1.807) is 42.5 Å². The normalized spacial score (nSPS) is 13.5. The van der Waals surface area contributed by atoms with E-state index in [-0.39, 0.29) is 24.1 Å². The largest absolute Gasteiger partial charge is 0.488 e. The van der Waals surface area contributed by atoms with E-state index < -0.39 is 23.3 Å². The molecule has 0 aliphatic carbocycles. The molecule has 5 nitrogen and oxygen atoms in total. The van der Waals surface area contributed by atoms with Crippen LogP contribution in [0.4, 0.5) is 13.2 Å². The summed E-state index contributed by atoms with van der Waals surface area (Å²) in [5.74, 6) is -3.08. The van der Waals surface area contributed by atoms with Crippen molar-refractivity contribution < 1.29 is 32.2 Å². The Balaban J connectivity index is 0.00000320. The average Bonchev–Trinajstić information content (AvgIpc) is 3.18. The molecule has 194 valence electrons. The highest BCUT2D eigenvalue weighted by molar-refractivity contribution is 7.22. The van der Waals surface area contributed by atoms with E-state index in [0.29, 0.717) is 37.8 Å². The average molecular weight is 550 g/mol. The minimum Gasteiger partial charge on any atom is -0.488 e. The van der Waals surface area contributed by atoms with Crippen molar-refractivity contribution >= 4 is 39.8 Å². The fourth-order valence-electron chi connectivity index (χ4n) is 3.92. The minimum absolute atomic E-state index is 0. The number of hydrogen-bond acceptors (Lipinski definition) is 6. The lowest BCUT2D eigenvalue weighted by atomic mass is 10.00. The molecule has 10 heteroatoms. The number of fused-ring (bicyclic) bond motifs is 1. The predicted octanol–water partition coefficient (Wildman–Crippen LogP) is 7.17. The molecule has 2 heterocycles. The van der Waals surface area contributed by atoms with Gasteiger partial charge in [-0.25, -0.2) is 18.0 Å². The van der Waals surface area contributed by atoms with Gasteiger partial charge in [0.15, 0.2) is 5.75 Å². The Kier molecular flexibility index (Phi) is 7.68. The molecular weight excluding hydrogens is 527 g/mol. The van der Waals surface area contributed by atoms with Crippen LogP contribution in [0.2, 0.25) is 0 Å². The maximum Gasteiger partial charge on any atom is 0.337 e. The number of rotatable bonds is 7.